The summed E-state index contributed by atoms with van der Waals surface area (Å²) in [5, 5.41) is 10.6. The molecular formula is C26H26N4O3. The number of aromatic nitrogens is 1. The lowest BCUT2D eigenvalue weighted by Crippen LogP contribution is -2.41. The van der Waals surface area contributed by atoms with Crippen LogP contribution in [0.4, 0.5) is 0 Å². The molecule has 7 heteroatoms. The molecule has 2 saturated heterocycles. The molecule has 33 heavy (non-hydrogen) atoms. The van der Waals surface area contributed by atoms with Crippen molar-refractivity contribution in [3.8, 4) is 11.5 Å². The van der Waals surface area contributed by atoms with E-state index in [-0.39, 0.29) is 29.7 Å². The van der Waals surface area contributed by atoms with E-state index in [1.54, 1.807) is 30.6 Å². The van der Waals surface area contributed by atoms with Crippen molar-refractivity contribution in [1.29, 1.82) is 0 Å². The van der Waals surface area contributed by atoms with Gasteiger partial charge in [0.15, 0.2) is 0 Å². The van der Waals surface area contributed by atoms with Crippen molar-refractivity contribution in [2.75, 3.05) is 6.61 Å². The fourth-order valence-corrected chi connectivity index (χ4v) is 4.92. The Kier molecular flexibility index (Phi) is 5.81. The highest BCUT2D eigenvalue weighted by molar-refractivity contribution is 5.86. The number of amides is 1. The quantitative estimate of drug-likeness (QED) is 0.487. The number of carbonyl (C=O) groups is 1. The third kappa shape index (κ3) is 3.97. The van der Waals surface area contributed by atoms with E-state index < -0.39 is 6.04 Å². The number of para-hydroxylation sites is 1. The van der Waals surface area contributed by atoms with Crippen molar-refractivity contribution in [3.63, 3.8) is 0 Å². The van der Waals surface area contributed by atoms with Crippen molar-refractivity contribution in [1.82, 2.24) is 20.7 Å². The number of nitrogens with one attached hydrogen (secondary N) is 2. The van der Waals surface area contributed by atoms with E-state index in [2.05, 4.69) is 22.4 Å². The summed E-state index contributed by atoms with van der Waals surface area (Å²) in [6.45, 7) is 4.59. The molecule has 7 nitrogen and oxygen atoms in total. The van der Waals surface area contributed by atoms with Crippen LogP contribution in [0.25, 0.3) is 0 Å². The Morgan fingerprint density at radius 3 is 2.64 bits per heavy atom. The molecule has 5 rings (SSSR count). The normalized spacial score (nSPS) is 24.0. The smallest absolute Gasteiger partial charge is 0.242 e. The zero-order chi connectivity index (χ0) is 22.8. The number of hydrazine groups is 1. The molecule has 4 unspecified atom stereocenters. The van der Waals surface area contributed by atoms with Gasteiger partial charge in [-0.3, -0.25) is 9.78 Å². The molecule has 3 aromatic rings. The second-order valence-corrected chi connectivity index (χ2v) is 8.32. The van der Waals surface area contributed by atoms with Gasteiger partial charge in [0, 0.05) is 30.4 Å². The average Bonchev–Trinajstić information content (AvgIpc) is 3.38. The molecule has 3 N–H and O–H groups in total. The molecule has 2 aromatic carbocycles. The van der Waals surface area contributed by atoms with Crippen molar-refractivity contribution in [2.45, 2.75) is 24.7 Å². The molecule has 2 aliphatic heterocycles. The largest absolute Gasteiger partial charge is 0.508 e. The second kappa shape index (κ2) is 9.05. The first kappa shape index (κ1) is 21.2. The van der Waals surface area contributed by atoms with Crippen LogP contribution in [-0.4, -0.2) is 33.5 Å². The lowest BCUT2D eigenvalue weighted by Gasteiger charge is -2.31. The number of rotatable bonds is 7. The van der Waals surface area contributed by atoms with Gasteiger partial charge in [-0.2, -0.15) is 0 Å². The summed E-state index contributed by atoms with van der Waals surface area (Å²) >= 11 is 0. The first-order chi connectivity index (χ1) is 16.2. The number of fused-ring (bicyclic) bond motifs is 1. The van der Waals surface area contributed by atoms with Gasteiger partial charge in [0.2, 0.25) is 5.91 Å². The number of benzene rings is 2. The second-order valence-electron chi connectivity index (χ2n) is 8.32. The summed E-state index contributed by atoms with van der Waals surface area (Å²) in [6.07, 6.45) is 5.18. The first-order valence-corrected chi connectivity index (χ1v) is 11.0. The first-order valence-electron chi connectivity index (χ1n) is 11.0. The lowest BCUT2D eigenvalue weighted by atomic mass is 9.83. The van der Waals surface area contributed by atoms with Gasteiger partial charge in [-0.15, -0.1) is 0 Å². The van der Waals surface area contributed by atoms with Crippen LogP contribution in [0.15, 0.2) is 85.7 Å². The summed E-state index contributed by atoms with van der Waals surface area (Å²) in [4.78, 5) is 19.6. The van der Waals surface area contributed by atoms with Gasteiger partial charge in [0.05, 0.1) is 12.1 Å². The Balaban J connectivity index is 1.57. The number of aromatic hydroxyl groups is 1. The van der Waals surface area contributed by atoms with Crippen LogP contribution in [0.1, 0.15) is 28.8 Å². The number of carbonyl (C=O) groups excluding carboxylic acids is 1. The molecule has 4 atom stereocenters. The number of phenolic OH excluding ortho intramolecular Hbond substituents is 1. The standard InChI is InChI=1S/C26H26N4O3/c1-2-14-33-19-7-5-6-18(15-19)25-22-23(20-8-3-4-9-21(20)31)28-29-24(22)26(32)30(25)16-17-10-12-27-13-11-17/h2-13,15,22-25,28-29,31H,1,14,16H2. The molecule has 2 aliphatic rings. The van der Waals surface area contributed by atoms with E-state index in [9.17, 15) is 9.90 Å². The highest BCUT2D eigenvalue weighted by atomic mass is 16.5. The molecule has 3 heterocycles. The molecular weight excluding hydrogens is 416 g/mol. The number of ether oxygens (including phenoxy) is 1. The fourth-order valence-electron chi connectivity index (χ4n) is 4.92. The van der Waals surface area contributed by atoms with Crippen molar-refractivity contribution >= 4 is 5.91 Å². The molecule has 0 aliphatic carbocycles. The zero-order valence-electron chi connectivity index (χ0n) is 18.1. The van der Waals surface area contributed by atoms with E-state index >= 15 is 0 Å². The molecule has 168 valence electrons. The minimum atomic E-state index is -0.417. The maximum absolute atomic E-state index is 13.6. The minimum absolute atomic E-state index is 0.0182. The highest BCUT2D eigenvalue weighted by Gasteiger charge is 2.55. The monoisotopic (exact) mass is 442 g/mol. The van der Waals surface area contributed by atoms with E-state index in [0.717, 1.165) is 22.4 Å². The maximum Gasteiger partial charge on any atom is 0.242 e. The van der Waals surface area contributed by atoms with Crippen molar-refractivity contribution < 1.29 is 14.6 Å². The van der Waals surface area contributed by atoms with Crippen LogP contribution in [0.3, 0.4) is 0 Å². The summed E-state index contributed by atoms with van der Waals surface area (Å²) in [5.41, 5.74) is 9.22. The third-order valence-electron chi connectivity index (χ3n) is 6.36. The predicted molar refractivity (Wildman–Crippen MR) is 124 cm³/mol. The molecule has 0 bridgehead atoms. The predicted octanol–water partition coefficient (Wildman–Crippen LogP) is 3.27. The molecule has 2 fully saturated rings. The number of hydrogen-bond acceptors (Lipinski definition) is 6. The minimum Gasteiger partial charge on any atom is -0.508 e. The summed E-state index contributed by atoms with van der Waals surface area (Å²) in [5.74, 6) is 0.816. The highest BCUT2D eigenvalue weighted by Crippen LogP contribution is 2.49. The van der Waals surface area contributed by atoms with Crippen LogP contribution < -0.4 is 15.6 Å². The lowest BCUT2D eigenvalue weighted by molar-refractivity contribution is -0.131. The fraction of sp³-hybridized carbons (Fsp3) is 0.231. The summed E-state index contributed by atoms with van der Waals surface area (Å²) in [7, 11) is 0. The van der Waals surface area contributed by atoms with E-state index in [0.29, 0.717) is 13.2 Å². The van der Waals surface area contributed by atoms with Crippen LogP contribution in [-0.2, 0) is 11.3 Å². The zero-order valence-corrected chi connectivity index (χ0v) is 18.1. The number of phenols is 1. The van der Waals surface area contributed by atoms with Gasteiger partial charge < -0.3 is 14.7 Å². The number of likely N-dealkylation sites (tertiary alicyclic amines) is 1. The van der Waals surface area contributed by atoms with Gasteiger partial charge in [-0.1, -0.05) is 43.0 Å². The van der Waals surface area contributed by atoms with E-state index in [1.807, 2.05) is 53.4 Å². The van der Waals surface area contributed by atoms with Gasteiger partial charge >= 0.3 is 0 Å². The Morgan fingerprint density at radius 1 is 1.06 bits per heavy atom. The van der Waals surface area contributed by atoms with Crippen LogP contribution in [0.2, 0.25) is 0 Å². The number of nitrogens with zero attached hydrogens (tertiary/aromatic N) is 2. The molecule has 1 amide bonds. The molecule has 1 aromatic heterocycles. The van der Waals surface area contributed by atoms with E-state index in [4.69, 9.17) is 4.74 Å². The van der Waals surface area contributed by atoms with Gasteiger partial charge in [-0.25, -0.2) is 10.9 Å². The third-order valence-corrected chi connectivity index (χ3v) is 6.36. The van der Waals surface area contributed by atoms with Crippen molar-refractivity contribution in [2.24, 2.45) is 5.92 Å². The van der Waals surface area contributed by atoms with Crippen molar-refractivity contribution in [3.05, 3.63) is 102 Å². The number of hydrogen-bond donors (Lipinski definition) is 3. The van der Waals surface area contributed by atoms with Crippen LogP contribution >= 0.6 is 0 Å². The van der Waals surface area contributed by atoms with Crippen LogP contribution in [0.5, 0.6) is 11.5 Å². The molecule has 0 saturated carbocycles. The Bertz CT molecular complexity index is 1150. The average molecular weight is 443 g/mol. The molecule has 0 radical (unpaired) electrons. The number of pyridine rings is 1. The topological polar surface area (TPSA) is 86.7 Å². The molecule has 0 spiro atoms. The Hall–Kier alpha value is -3.68. The maximum atomic E-state index is 13.6. The Morgan fingerprint density at radius 2 is 1.85 bits per heavy atom. The van der Waals surface area contributed by atoms with Gasteiger partial charge in [-0.05, 0) is 41.5 Å². The SMILES string of the molecule is C=CCOc1cccc(C2C3C(NNC3c3ccccc3O)C(=O)N2Cc2ccncc2)c1. The Labute approximate surface area is 192 Å². The van der Waals surface area contributed by atoms with Gasteiger partial charge in [0.1, 0.15) is 24.1 Å². The summed E-state index contributed by atoms with van der Waals surface area (Å²) < 4.78 is 5.78. The van der Waals surface area contributed by atoms with Crippen LogP contribution in [0, 0.1) is 5.92 Å². The van der Waals surface area contributed by atoms with E-state index in [1.165, 1.54) is 0 Å². The van der Waals surface area contributed by atoms with Gasteiger partial charge in [0.25, 0.3) is 0 Å². The summed E-state index contributed by atoms with van der Waals surface area (Å²) in [6, 6.07) is 18.1.